The molecule has 0 aliphatic carbocycles. The van der Waals surface area contributed by atoms with Crippen LogP contribution in [0.15, 0.2) is 0 Å². The van der Waals surface area contributed by atoms with Crippen molar-refractivity contribution in [2.24, 2.45) is 5.84 Å². The van der Waals surface area contributed by atoms with E-state index in [1.165, 1.54) is 12.8 Å². The van der Waals surface area contributed by atoms with Crippen molar-refractivity contribution < 1.29 is 8.42 Å². The molecule has 1 heterocycles. The topological polar surface area (TPSA) is 75.4 Å². The second-order valence-electron chi connectivity index (χ2n) is 5.95. The Morgan fingerprint density at radius 1 is 1.32 bits per heavy atom. The van der Waals surface area contributed by atoms with E-state index in [0.717, 1.165) is 19.5 Å². The molecular weight excluding hydrogens is 262 g/mol. The van der Waals surface area contributed by atoms with Crippen molar-refractivity contribution in [3.05, 3.63) is 0 Å². The first-order chi connectivity index (χ1) is 8.83. The van der Waals surface area contributed by atoms with Crippen molar-refractivity contribution in [3.8, 4) is 0 Å². The van der Waals surface area contributed by atoms with E-state index in [2.05, 4.69) is 24.2 Å². The third kappa shape index (κ3) is 4.70. The maximum atomic E-state index is 11.5. The predicted octanol–water partition coefficient (Wildman–Crippen LogP) is 0.908. The van der Waals surface area contributed by atoms with E-state index < -0.39 is 9.84 Å². The van der Waals surface area contributed by atoms with Crippen molar-refractivity contribution >= 4 is 9.84 Å². The van der Waals surface area contributed by atoms with Crippen molar-refractivity contribution in [1.29, 1.82) is 0 Å². The molecule has 0 aromatic carbocycles. The molecule has 0 spiro atoms. The normalized spacial score (nSPS) is 19.8. The van der Waals surface area contributed by atoms with Crippen LogP contribution in [0.2, 0.25) is 0 Å². The Kier molecular flexibility index (Phi) is 6.23. The van der Waals surface area contributed by atoms with Gasteiger partial charge in [-0.2, -0.15) is 0 Å². The summed E-state index contributed by atoms with van der Waals surface area (Å²) in [5.74, 6) is 6.17. The van der Waals surface area contributed by atoms with Crippen LogP contribution in [0.1, 0.15) is 46.5 Å². The van der Waals surface area contributed by atoms with Gasteiger partial charge in [-0.05, 0) is 52.6 Å². The molecule has 3 N–H and O–H groups in total. The highest BCUT2D eigenvalue weighted by Crippen LogP contribution is 2.26. The Labute approximate surface area is 117 Å². The van der Waals surface area contributed by atoms with E-state index >= 15 is 0 Å². The number of nitrogens with one attached hydrogen (secondary N) is 1. The van der Waals surface area contributed by atoms with Crippen LogP contribution in [0.25, 0.3) is 0 Å². The van der Waals surface area contributed by atoms with E-state index in [0.29, 0.717) is 6.42 Å². The number of nitrogens with zero attached hydrogens (tertiary/aromatic N) is 1. The van der Waals surface area contributed by atoms with Gasteiger partial charge < -0.3 is 0 Å². The van der Waals surface area contributed by atoms with Gasteiger partial charge in [0.1, 0.15) is 9.84 Å². The number of likely N-dealkylation sites (tertiary alicyclic amines) is 1. The Balaban J connectivity index is 2.52. The first kappa shape index (κ1) is 16.9. The molecular formula is C13H29N3O2S. The van der Waals surface area contributed by atoms with Gasteiger partial charge in [0.05, 0.1) is 5.75 Å². The average Bonchev–Trinajstić information content (AvgIpc) is 2.88. The van der Waals surface area contributed by atoms with Gasteiger partial charge in [0.15, 0.2) is 0 Å². The molecule has 1 atom stereocenters. The fraction of sp³-hybridized carbons (Fsp3) is 1.00. The third-order valence-corrected chi connectivity index (χ3v) is 6.15. The van der Waals surface area contributed by atoms with E-state index in [-0.39, 0.29) is 23.1 Å². The summed E-state index contributed by atoms with van der Waals surface area (Å²) in [4.78, 5) is 2.45. The highest BCUT2D eigenvalue weighted by atomic mass is 32.2. The summed E-state index contributed by atoms with van der Waals surface area (Å²) in [6, 6.07) is 0.123. The molecule has 0 amide bonds. The number of hydrogen-bond donors (Lipinski definition) is 2. The Morgan fingerprint density at radius 3 is 2.37 bits per heavy atom. The summed E-state index contributed by atoms with van der Waals surface area (Å²) < 4.78 is 23.0. The number of rotatable bonds is 8. The lowest BCUT2D eigenvalue weighted by Gasteiger charge is -2.42. The molecule has 0 saturated carbocycles. The average molecular weight is 291 g/mol. The van der Waals surface area contributed by atoms with Gasteiger partial charge in [0.2, 0.25) is 0 Å². The first-order valence-electron chi connectivity index (χ1n) is 7.25. The molecule has 0 aromatic rings. The predicted molar refractivity (Wildman–Crippen MR) is 79.6 cm³/mol. The van der Waals surface area contributed by atoms with Gasteiger partial charge in [-0.15, -0.1) is 0 Å². The minimum absolute atomic E-state index is 0.0266. The third-order valence-electron chi connectivity index (χ3n) is 4.36. The Bertz CT molecular complexity index is 362. The molecule has 1 fully saturated rings. The van der Waals surface area contributed by atoms with Crippen LogP contribution in [0, 0.1) is 0 Å². The second kappa shape index (κ2) is 7.02. The highest BCUT2D eigenvalue weighted by molar-refractivity contribution is 7.91. The van der Waals surface area contributed by atoms with Crippen molar-refractivity contribution in [1.82, 2.24) is 10.3 Å². The summed E-state index contributed by atoms with van der Waals surface area (Å²) in [5, 5.41) is 0. The van der Waals surface area contributed by atoms with Crippen LogP contribution in [0.5, 0.6) is 0 Å². The molecule has 6 heteroatoms. The number of sulfone groups is 1. The second-order valence-corrected chi connectivity index (χ2v) is 8.42. The van der Waals surface area contributed by atoms with Crippen molar-refractivity contribution in [2.75, 3.05) is 24.6 Å². The SMILES string of the molecule is CCS(=O)(=O)CCCC(NN)C(C)(C)N1CCCC1. The molecule has 0 aromatic heterocycles. The van der Waals surface area contributed by atoms with Gasteiger partial charge in [0.25, 0.3) is 0 Å². The quantitative estimate of drug-likeness (QED) is 0.513. The van der Waals surface area contributed by atoms with Gasteiger partial charge in [-0.3, -0.25) is 16.2 Å². The number of nitrogens with two attached hydrogens (primary N) is 1. The minimum Gasteiger partial charge on any atom is -0.297 e. The van der Waals surface area contributed by atoms with Crippen LogP contribution < -0.4 is 11.3 Å². The van der Waals surface area contributed by atoms with Crippen LogP contribution in [-0.4, -0.2) is 49.5 Å². The highest BCUT2D eigenvalue weighted by Gasteiger charge is 2.35. The maximum Gasteiger partial charge on any atom is 0.150 e. The van der Waals surface area contributed by atoms with Crippen LogP contribution in [-0.2, 0) is 9.84 Å². The van der Waals surface area contributed by atoms with E-state index in [4.69, 9.17) is 5.84 Å². The first-order valence-corrected chi connectivity index (χ1v) is 9.07. The molecule has 1 aliphatic heterocycles. The lowest BCUT2D eigenvalue weighted by Crippen LogP contribution is -2.58. The van der Waals surface area contributed by atoms with E-state index in [1.54, 1.807) is 6.92 Å². The maximum absolute atomic E-state index is 11.5. The zero-order chi connectivity index (χ0) is 14.5. The van der Waals surface area contributed by atoms with E-state index in [9.17, 15) is 8.42 Å². The summed E-state index contributed by atoms with van der Waals surface area (Å²) in [5.41, 5.74) is 2.86. The van der Waals surface area contributed by atoms with Crippen molar-refractivity contribution in [2.45, 2.75) is 58.0 Å². The molecule has 1 unspecified atom stereocenters. The fourth-order valence-corrected chi connectivity index (χ4v) is 3.70. The van der Waals surface area contributed by atoms with Gasteiger partial charge in [-0.25, -0.2) is 8.42 Å². The summed E-state index contributed by atoms with van der Waals surface area (Å²) in [7, 11) is -2.87. The summed E-state index contributed by atoms with van der Waals surface area (Å²) >= 11 is 0. The molecule has 1 rings (SSSR count). The molecule has 0 bridgehead atoms. The van der Waals surface area contributed by atoms with Crippen molar-refractivity contribution in [3.63, 3.8) is 0 Å². The monoisotopic (exact) mass is 291 g/mol. The smallest absolute Gasteiger partial charge is 0.150 e. The van der Waals surface area contributed by atoms with Crippen LogP contribution in [0.3, 0.4) is 0 Å². The zero-order valence-corrected chi connectivity index (χ0v) is 13.3. The molecule has 1 aliphatic rings. The van der Waals surface area contributed by atoms with Crippen LogP contribution >= 0.6 is 0 Å². The zero-order valence-electron chi connectivity index (χ0n) is 12.5. The summed E-state index contributed by atoms with van der Waals surface area (Å²) in [6.07, 6.45) is 3.94. The summed E-state index contributed by atoms with van der Waals surface area (Å²) in [6.45, 7) is 8.30. The Hall–Kier alpha value is -0.170. The van der Waals surface area contributed by atoms with Gasteiger partial charge in [-0.1, -0.05) is 6.92 Å². The molecule has 19 heavy (non-hydrogen) atoms. The van der Waals surface area contributed by atoms with Crippen LogP contribution in [0.4, 0.5) is 0 Å². The van der Waals surface area contributed by atoms with Gasteiger partial charge >= 0.3 is 0 Å². The molecule has 5 nitrogen and oxygen atoms in total. The lowest BCUT2D eigenvalue weighted by molar-refractivity contribution is 0.102. The fourth-order valence-electron chi connectivity index (χ4n) is 2.81. The number of hydrazine groups is 1. The number of hydrogen-bond acceptors (Lipinski definition) is 5. The standard InChI is InChI=1S/C13H29N3O2S/c1-4-19(17,18)11-7-8-12(15-14)13(2,3)16-9-5-6-10-16/h12,15H,4-11,14H2,1-3H3. The molecule has 0 radical (unpaired) electrons. The minimum atomic E-state index is -2.87. The molecule has 114 valence electrons. The molecule has 1 saturated heterocycles. The lowest BCUT2D eigenvalue weighted by atomic mass is 9.90. The van der Waals surface area contributed by atoms with Gasteiger partial charge in [0, 0.05) is 17.3 Å². The Morgan fingerprint density at radius 2 is 1.89 bits per heavy atom. The van der Waals surface area contributed by atoms with E-state index in [1.807, 2.05) is 0 Å². The largest absolute Gasteiger partial charge is 0.297 e.